The lowest BCUT2D eigenvalue weighted by atomic mass is 9.94. The minimum atomic E-state index is -0.0604. The van der Waals surface area contributed by atoms with E-state index in [1.54, 1.807) is 13.2 Å². The SMILES string of the molecule is CN=C(NCc1ncc(C(C)(C)C)o1)NCC(c1ccc(Cl)cc1)N1CCOCC1. The molecule has 1 atom stereocenters. The molecule has 8 heteroatoms. The maximum Gasteiger partial charge on any atom is 0.213 e. The molecule has 0 radical (unpaired) electrons. The van der Waals surface area contributed by atoms with Gasteiger partial charge in [-0.1, -0.05) is 44.5 Å². The smallest absolute Gasteiger partial charge is 0.213 e. The lowest BCUT2D eigenvalue weighted by molar-refractivity contribution is 0.0170. The second kappa shape index (κ2) is 10.3. The summed E-state index contributed by atoms with van der Waals surface area (Å²) in [6.45, 7) is 10.8. The van der Waals surface area contributed by atoms with Gasteiger partial charge in [0.2, 0.25) is 5.89 Å². The predicted molar refractivity (Wildman–Crippen MR) is 120 cm³/mol. The second-order valence-electron chi connectivity index (χ2n) is 8.39. The summed E-state index contributed by atoms with van der Waals surface area (Å²) in [5.74, 6) is 2.22. The maximum absolute atomic E-state index is 6.09. The van der Waals surface area contributed by atoms with Crippen molar-refractivity contribution >= 4 is 17.6 Å². The van der Waals surface area contributed by atoms with Crippen molar-refractivity contribution in [2.45, 2.75) is 38.8 Å². The molecule has 1 aliphatic heterocycles. The van der Waals surface area contributed by atoms with E-state index in [1.165, 1.54) is 5.56 Å². The Kier molecular flexibility index (Phi) is 7.75. The van der Waals surface area contributed by atoms with Gasteiger partial charge in [0.1, 0.15) is 5.76 Å². The zero-order chi connectivity index (χ0) is 21.6. The third-order valence-corrected chi connectivity index (χ3v) is 5.38. The summed E-state index contributed by atoms with van der Waals surface area (Å²) in [5.41, 5.74) is 1.15. The van der Waals surface area contributed by atoms with E-state index < -0.39 is 0 Å². The largest absolute Gasteiger partial charge is 0.443 e. The van der Waals surface area contributed by atoms with Gasteiger partial charge in [-0.25, -0.2) is 4.98 Å². The summed E-state index contributed by atoms with van der Waals surface area (Å²) >= 11 is 6.09. The number of morpholine rings is 1. The van der Waals surface area contributed by atoms with E-state index in [-0.39, 0.29) is 11.5 Å². The third-order valence-electron chi connectivity index (χ3n) is 5.13. The number of rotatable bonds is 6. The molecule has 0 bridgehead atoms. The summed E-state index contributed by atoms with van der Waals surface area (Å²) in [4.78, 5) is 11.1. The molecule has 0 aliphatic carbocycles. The van der Waals surface area contributed by atoms with Gasteiger partial charge < -0.3 is 19.8 Å². The molecule has 1 aliphatic rings. The van der Waals surface area contributed by atoms with Gasteiger partial charge >= 0.3 is 0 Å². The van der Waals surface area contributed by atoms with Crippen molar-refractivity contribution in [1.29, 1.82) is 0 Å². The number of hydrogen-bond acceptors (Lipinski definition) is 5. The van der Waals surface area contributed by atoms with Gasteiger partial charge in [-0.05, 0) is 17.7 Å². The van der Waals surface area contributed by atoms with Crippen LogP contribution in [-0.2, 0) is 16.7 Å². The molecular weight excluding hydrogens is 402 g/mol. The number of nitrogens with one attached hydrogen (secondary N) is 2. The molecule has 1 aromatic heterocycles. The number of halogens is 1. The topological polar surface area (TPSA) is 74.9 Å². The molecular formula is C22H32ClN5O2. The van der Waals surface area contributed by atoms with E-state index in [2.05, 4.69) is 58.4 Å². The molecule has 1 fully saturated rings. The van der Waals surface area contributed by atoms with Crippen molar-refractivity contribution in [3.8, 4) is 0 Å². The fourth-order valence-electron chi connectivity index (χ4n) is 3.34. The number of benzene rings is 1. The zero-order valence-electron chi connectivity index (χ0n) is 18.2. The highest BCUT2D eigenvalue weighted by Crippen LogP contribution is 2.24. The molecule has 2 heterocycles. The number of ether oxygens (including phenoxy) is 1. The molecule has 1 saturated heterocycles. The molecule has 0 saturated carbocycles. The average Bonchev–Trinajstić information content (AvgIpc) is 3.22. The molecule has 164 valence electrons. The van der Waals surface area contributed by atoms with Crippen LogP contribution < -0.4 is 10.6 Å². The van der Waals surface area contributed by atoms with Crippen LogP contribution in [0.4, 0.5) is 0 Å². The highest BCUT2D eigenvalue weighted by atomic mass is 35.5. The summed E-state index contributed by atoms with van der Waals surface area (Å²) in [7, 11) is 1.76. The number of aliphatic imine (C=N–C) groups is 1. The Morgan fingerprint density at radius 3 is 2.50 bits per heavy atom. The molecule has 2 N–H and O–H groups in total. The van der Waals surface area contributed by atoms with Crippen LogP contribution in [0.2, 0.25) is 5.02 Å². The summed E-state index contributed by atoms with van der Waals surface area (Å²) in [6, 6.07) is 8.24. The van der Waals surface area contributed by atoms with E-state index in [1.807, 2.05) is 12.1 Å². The molecule has 7 nitrogen and oxygen atoms in total. The maximum atomic E-state index is 6.09. The van der Waals surface area contributed by atoms with Crippen LogP contribution in [0.15, 0.2) is 39.9 Å². The van der Waals surface area contributed by atoms with Crippen molar-refractivity contribution in [2.75, 3.05) is 39.9 Å². The Bertz CT molecular complexity index is 823. The summed E-state index contributed by atoms with van der Waals surface area (Å²) in [6.07, 6.45) is 1.79. The fourth-order valence-corrected chi connectivity index (χ4v) is 3.47. The number of guanidine groups is 1. The Balaban J connectivity index is 1.61. The highest BCUT2D eigenvalue weighted by Gasteiger charge is 2.23. The van der Waals surface area contributed by atoms with E-state index >= 15 is 0 Å². The first kappa shape index (κ1) is 22.6. The Morgan fingerprint density at radius 1 is 1.20 bits per heavy atom. The van der Waals surface area contributed by atoms with Gasteiger partial charge in [0.05, 0.1) is 32.0 Å². The van der Waals surface area contributed by atoms with Crippen LogP contribution >= 0.6 is 11.6 Å². The van der Waals surface area contributed by atoms with E-state index in [4.69, 9.17) is 20.8 Å². The number of aromatic nitrogens is 1. The summed E-state index contributed by atoms with van der Waals surface area (Å²) < 4.78 is 11.4. The Morgan fingerprint density at radius 2 is 1.90 bits per heavy atom. The van der Waals surface area contributed by atoms with Gasteiger partial charge in [-0.15, -0.1) is 0 Å². The molecule has 3 rings (SSSR count). The zero-order valence-corrected chi connectivity index (χ0v) is 19.0. The lowest BCUT2D eigenvalue weighted by Gasteiger charge is -2.35. The minimum Gasteiger partial charge on any atom is -0.443 e. The molecule has 1 unspecified atom stereocenters. The van der Waals surface area contributed by atoms with Crippen LogP contribution in [-0.4, -0.2) is 55.7 Å². The van der Waals surface area contributed by atoms with Gasteiger partial charge in [0.25, 0.3) is 0 Å². The first-order valence-corrected chi connectivity index (χ1v) is 10.7. The third kappa shape index (κ3) is 6.20. The standard InChI is InChI=1S/C22H32ClN5O2/c1-22(2,3)19-14-25-20(30-19)15-27-21(24-4)26-13-18(28-9-11-29-12-10-28)16-5-7-17(23)8-6-16/h5-8,14,18H,9-13,15H2,1-4H3,(H2,24,26,27). The van der Waals surface area contributed by atoms with E-state index in [9.17, 15) is 0 Å². The summed E-state index contributed by atoms with van der Waals surface area (Å²) in [5, 5.41) is 7.47. The number of hydrogen-bond donors (Lipinski definition) is 2. The highest BCUT2D eigenvalue weighted by molar-refractivity contribution is 6.30. The van der Waals surface area contributed by atoms with Crippen LogP contribution in [0, 0.1) is 0 Å². The van der Waals surface area contributed by atoms with Crippen molar-refractivity contribution in [2.24, 2.45) is 4.99 Å². The van der Waals surface area contributed by atoms with Crippen LogP contribution in [0.25, 0.3) is 0 Å². The van der Waals surface area contributed by atoms with Gasteiger partial charge in [-0.2, -0.15) is 0 Å². The Labute approximate surface area is 183 Å². The molecule has 0 spiro atoms. The number of nitrogens with zero attached hydrogens (tertiary/aromatic N) is 3. The van der Waals surface area contributed by atoms with Gasteiger partial charge in [0, 0.05) is 37.1 Å². The van der Waals surface area contributed by atoms with Crippen LogP contribution in [0.5, 0.6) is 0 Å². The first-order valence-electron chi connectivity index (χ1n) is 10.3. The number of oxazole rings is 1. The lowest BCUT2D eigenvalue weighted by Crippen LogP contribution is -2.46. The monoisotopic (exact) mass is 433 g/mol. The van der Waals surface area contributed by atoms with E-state index in [0.717, 1.165) is 37.1 Å². The molecule has 2 aromatic rings. The van der Waals surface area contributed by atoms with E-state index in [0.29, 0.717) is 24.9 Å². The van der Waals surface area contributed by atoms with Gasteiger partial charge in [-0.3, -0.25) is 9.89 Å². The van der Waals surface area contributed by atoms with Crippen LogP contribution in [0.3, 0.4) is 0 Å². The predicted octanol–water partition coefficient (Wildman–Crippen LogP) is 3.36. The van der Waals surface area contributed by atoms with Gasteiger partial charge in [0.15, 0.2) is 5.96 Å². The van der Waals surface area contributed by atoms with Crippen LogP contribution in [0.1, 0.15) is 44.0 Å². The first-order chi connectivity index (χ1) is 14.4. The molecule has 1 aromatic carbocycles. The fraction of sp³-hybridized carbons (Fsp3) is 0.545. The second-order valence-corrected chi connectivity index (χ2v) is 8.83. The molecule has 30 heavy (non-hydrogen) atoms. The quantitative estimate of drug-likeness (QED) is 0.537. The average molecular weight is 434 g/mol. The normalized spacial score (nSPS) is 17.0. The Hall–Kier alpha value is -2.09. The van der Waals surface area contributed by atoms with Crippen molar-refractivity contribution in [3.63, 3.8) is 0 Å². The van der Waals surface area contributed by atoms with Crippen molar-refractivity contribution in [1.82, 2.24) is 20.5 Å². The minimum absolute atomic E-state index is 0.0604. The molecule has 0 amide bonds. The van der Waals surface area contributed by atoms with Crippen molar-refractivity contribution in [3.05, 3.63) is 52.7 Å². The van der Waals surface area contributed by atoms with Crippen molar-refractivity contribution < 1.29 is 9.15 Å².